The molecule has 2 rings (SSSR count). The Balaban J connectivity index is 2.04. The maximum atomic E-state index is 12.4. The summed E-state index contributed by atoms with van der Waals surface area (Å²) in [6.07, 6.45) is 3.25. The first kappa shape index (κ1) is 20.0. The number of nitrogens with zero attached hydrogens (tertiary/aromatic N) is 1. The Labute approximate surface area is 163 Å². The highest BCUT2D eigenvalue weighted by Gasteiger charge is 2.10. The monoisotopic (exact) mass is 390 g/mol. The van der Waals surface area contributed by atoms with Gasteiger partial charge < -0.3 is 10.2 Å². The van der Waals surface area contributed by atoms with Crippen LogP contribution in [0.3, 0.4) is 0 Å². The summed E-state index contributed by atoms with van der Waals surface area (Å²) in [6.45, 7) is 2.94. The van der Waals surface area contributed by atoms with Crippen LogP contribution in [0.2, 0.25) is 10.0 Å². The van der Waals surface area contributed by atoms with Crippen LogP contribution in [0.15, 0.2) is 48.5 Å². The van der Waals surface area contributed by atoms with E-state index in [9.17, 15) is 9.59 Å². The molecule has 0 aliphatic heterocycles. The largest absolute Gasteiger partial charge is 0.355 e. The molecule has 2 aromatic rings. The van der Waals surface area contributed by atoms with E-state index in [2.05, 4.69) is 5.32 Å². The van der Waals surface area contributed by atoms with Crippen molar-refractivity contribution >= 4 is 41.1 Å². The van der Waals surface area contributed by atoms with Gasteiger partial charge in [0, 0.05) is 31.8 Å². The summed E-state index contributed by atoms with van der Waals surface area (Å²) >= 11 is 12.0. The van der Waals surface area contributed by atoms with Crippen LogP contribution in [-0.2, 0) is 11.3 Å². The molecule has 0 radical (unpaired) electrons. The third-order valence-electron chi connectivity index (χ3n) is 3.87. The number of hydrogen-bond acceptors (Lipinski definition) is 2. The maximum Gasteiger partial charge on any atom is 0.251 e. The standard InChI is InChI=1S/C20H20Cl2N2O2/c1-3-24(13-15-6-10-17(21)18(22)12-15)19(25)11-7-14-4-8-16(9-5-14)20(26)23-2/h4-12H,3,13H2,1-2H3,(H,23,26)/b11-7+. The fraction of sp³-hybridized carbons (Fsp3) is 0.200. The molecule has 0 aromatic heterocycles. The van der Waals surface area contributed by atoms with Crippen LogP contribution in [0.25, 0.3) is 6.08 Å². The molecule has 0 atom stereocenters. The number of hydrogen-bond donors (Lipinski definition) is 1. The molecule has 0 heterocycles. The lowest BCUT2D eigenvalue weighted by Crippen LogP contribution is -2.28. The fourth-order valence-corrected chi connectivity index (χ4v) is 2.69. The Kier molecular flexibility index (Phi) is 7.25. The van der Waals surface area contributed by atoms with Crippen molar-refractivity contribution in [2.24, 2.45) is 0 Å². The average molecular weight is 391 g/mol. The van der Waals surface area contributed by atoms with Crippen molar-refractivity contribution < 1.29 is 9.59 Å². The SMILES string of the molecule is CCN(Cc1ccc(Cl)c(Cl)c1)C(=O)/C=C/c1ccc(C(=O)NC)cc1. The lowest BCUT2D eigenvalue weighted by molar-refractivity contribution is -0.126. The zero-order chi connectivity index (χ0) is 19.1. The minimum absolute atomic E-state index is 0.103. The van der Waals surface area contributed by atoms with Gasteiger partial charge in [0.05, 0.1) is 10.0 Å². The molecule has 0 bridgehead atoms. The van der Waals surface area contributed by atoms with Gasteiger partial charge in [-0.15, -0.1) is 0 Å². The first-order chi connectivity index (χ1) is 12.4. The zero-order valence-electron chi connectivity index (χ0n) is 14.6. The molecule has 136 valence electrons. The summed E-state index contributed by atoms with van der Waals surface area (Å²) < 4.78 is 0. The Morgan fingerprint density at radius 2 is 1.77 bits per heavy atom. The van der Waals surface area contributed by atoms with Crippen molar-refractivity contribution in [3.05, 3.63) is 75.3 Å². The summed E-state index contributed by atoms with van der Waals surface area (Å²) in [5.41, 5.74) is 2.33. The number of carbonyl (C=O) groups excluding carboxylic acids is 2. The summed E-state index contributed by atoms with van der Waals surface area (Å²) in [4.78, 5) is 25.7. The third-order valence-corrected chi connectivity index (χ3v) is 4.61. The van der Waals surface area contributed by atoms with Gasteiger partial charge in [-0.1, -0.05) is 41.4 Å². The Morgan fingerprint density at radius 3 is 2.35 bits per heavy atom. The summed E-state index contributed by atoms with van der Waals surface area (Å²) in [5.74, 6) is -0.246. The van der Waals surface area contributed by atoms with Crippen LogP contribution < -0.4 is 5.32 Å². The lowest BCUT2D eigenvalue weighted by Gasteiger charge is -2.19. The van der Waals surface area contributed by atoms with Crippen molar-refractivity contribution in [3.63, 3.8) is 0 Å². The van der Waals surface area contributed by atoms with Gasteiger partial charge in [0.2, 0.25) is 5.91 Å². The van der Waals surface area contributed by atoms with Crippen molar-refractivity contribution in [3.8, 4) is 0 Å². The van der Waals surface area contributed by atoms with Gasteiger partial charge in [-0.25, -0.2) is 0 Å². The van der Waals surface area contributed by atoms with E-state index in [1.54, 1.807) is 54.4 Å². The average Bonchev–Trinajstić information content (AvgIpc) is 2.66. The van der Waals surface area contributed by atoms with Crippen molar-refractivity contribution in [2.75, 3.05) is 13.6 Å². The minimum Gasteiger partial charge on any atom is -0.355 e. The highest BCUT2D eigenvalue weighted by molar-refractivity contribution is 6.42. The number of nitrogens with one attached hydrogen (secondary N) is 1. The third kappa shape index (κ3) is 5.35. The summed E-state index contributed by atoms with van der Waals surface area (Å²) in [7, 11) is 1.59. The van der Waals surface area contributed by atoms with Crippen LogP contribution in [0.4, 0.5) is 0 Å². The fourth-order valence-electron chi connectivity index (χ4n) is 2.37. The molecule has 6 heteroatoms. The van der Waals surface area contributed by atoms with Crippen LogP contribution in [0.5, 0.6) is 0 Å². The van der Waals surface area contributed by atoms with Gasteiger partial charge in [-0.2, -0.15) is 0 Å². The molecule has 0 unspecified atom stereocenters. The molecular weight excluding hydrogens is 371 g/mol. The normalized spacial score (nSPS) is 10.8. The molecule has 0 saturated carbocycles. The van der Waals surface area contributed by atoms with E-state index in [4.69, 9.17) is 23.2 Å². The van der Waals surface area contributed by atoms with Crippen molar-refractivity contribution in [1.82, 2.24) is 10.2 Å². The number of carbonyl (C=O) groups is 2. The van der Waals surface area contributed by atoms with E-state index >= 15 is 0 Å². The summed E-state index contributed by atoms with van der Waals surface area (Å²) in [5, 5.41) is 3.53. The molecule has 2 aromatic carbocycles. The number of likely N-dealkylation sites (N-methyl/N-ethyl adjacent to an activating group) is 1. The van der Waals surface area contributed by atoms with Crippen LogP contribution in [0, 0.1) is 0 Å². The molecule has 0 aliphatic rings. The lowest BCUT2D eigenvalue weighted by atomic mass is 10.1. The second-order valence-corrected chi connectivity index (χ2v) is 6.45. The number of halogens is 2. The van der Waals surface area contributed by atoms with Gasteiger partial charge in [0.25, 0.3) is 5.91 Å². The van der Waals surface area contributed by atoms with E-state index in [1.165, 1.54) is 6.08 Å². The molecular formula is C20H20Cl2N2O2. The summed E-state index contributed by atoms with van der Waals surface area (Å²) in [6, 6.07) is 12.4. The van der Waals surface area contributed by atoms with E-state index in [0.717, 1.165) is 11.1 Å². The second kappa shape index (κ2) is 9.41. The first-order valence-corrected chi connectivity index (χ1v) is 8.93. The highest BCUT2D eigenvalue weighted by Crippen LogP contribution is 2.23. The Morgan fingerprint density at radius 1 is 1.08 bits per heavy atom. The molecule has 0 saturated heterocycles. The molecule has 0 aliphatic carbocycles. The van der Waals surface area contributed by atoms with Gasteiger partial charge in [0.1, 0.15) is 0 Å². The molecule has 26 heavy (non-hydrogen) atoms. The molecule has 0 spiro atoms. The van der Waals surface area contributed by atoms with Crippen molar-refractivity contribution in [2.45, 2.75) is 13.5 Å². The first-order valence-electron chi connectivity index (χ1n) is 8.17. The van der Waals surface area contributed by atoms with Crippen LogP contribution >= 0.6 is 23.2 Å². The predicted octanol–water partition coefficient (Wildman–Crippen LogP) is 4.41. The quantitative estimate of drug-likeness (QED) is 0.742. The van der Waals surface area contributed by atoms with Gasteiger partial charge in [-0.3, -0.25) is 9.59 Å². The molecule has 1 N–H and O–H groups in total. The maximum absolute atomic E-state index is 12.4. The number of benzene rings is 2. The van der Waals surface area contributed by atoms with E-state index in [-0.39, 0.29) is 11.8 Å². The predicted molar refractivity (Wildman–Crippen MR) is 106 cm³/mol. The Bertz CT molecular complexity index is 817. The second-order valence-electron chi connectivity index (χ2n) is 5.64. The highest BCUT2D eigenvalue weighted by atomic mass is 35.5. The molecule has 4 nitrogen and oxygen atoms in total. The van der Waals surface area contributed by atoms with Gasteiger partial charge >= 0.3 is 0 Å². The number of amides is 2. The molecule has 2 amide bonds. The van der Waals surface area contributed by atoms with E-state index in [0.29, 0.717) is 28.7 Å². The minimum atomic E-state index is -0.143. The topological polar surface area (TPSA) is 49.4 Å². The zero-order valence-corrected chi connectivity index (χ0v) is 16.1. The smallest absolute Gasteiger partial charge is 0.251 e. The van der Waals surface area contributed by atoms with E-state index in [1.807, 2.05) is 13.0 Å². The van der Waals surface area contributed by atoms with Crippen molar-refractivity contribution in [1.29, 1.82) is 0 Å². The van der Waals surface area contributed by atoms with Crippen LogP contribution in [-0.4, -0.2) is 30.3 Å². The van der Waals surface area contributed by atoms with Gasteiger partial charge in [0.15, 0.2) is 0 Å². The van der Waals surface area contributed by atoms with Gasteiger partial charge in [-0.05, 0) is 48.4 Å². The Hall–Kier alpha value is -2.30. The number of rotatable bonds is 6. The molecule has 0 fully saturated rings. The van der Waals surface area contributed by atoms with Crippen LogP contribution in [0.1, 0.15) is 28.4 Å². The van der Waals surface area contributed by atoms with E-state index < -0.39 is 0 Å².